The van der Waals surface area contributed by atoms with E-state index in [1.165, 1.54) is 10.4 Å². The van der Waals surface area contributed by atoms with E-state index in [-0.39, 0.29) is 0 Å². The zero-order chi connectivity index (χ0) is 18.0. The van der Waals surface area contributed by atoms with Crippen LogP contribution >= 0.6 is 0 Å². The molecule has 0 radical (unpaired) electrons. The zero-order valence-electron chi connectivity index (χ0n) is 15.8. The molecule has 0 atom stereocenters. The smallest absolute Gasteiger partial charge is 0.309 e. The van der Waals surface area contributed by atoms with Gasteiger partial charge in [0.1, 0.15) is 8.07 Å². The second-order valence-corrected chi connectivity index (χ2v) is 12.5. The Bertz CT molecular complexity index is 676. The highest BCUT2D eigenvalue weighted by Gasteiger charge is 2.35. The Balaban J connectivity index is 2.21. The first-order valence-corrected chi connectivity index (χ1v) is 11.6. The van der Waals surface area contributed by atoms with E-state index in [9.17, 15) is 5.11 Å². The minimum Gasteiger partial charge on any atom is -0.427 e. The van der Waals surface area contributed by atoms with E-state index >= 15 is 0 Å². The summed E-state index contributed by atoms with van der Waals surface area (Å²) in [7, 11) is -1.20. The normalized spacial score (nSPS) is 13.0. The monoisotopic (exact) mass is 340 g/mol. The van der Waals surface area contributed by atoms with Gasteiger partial charge in [0.05, 0.1) is 11.2 Å². The van der Waals surface area contributed by atoms with Gasteiger partial charge in [-0.15, -0.1) is 0 Å². The molecule has 2 aromatic rings. The van der Waals surface area contributed by atoms with Crippen LogP contribution in [0.3, 0.4) is 0 Å². The maximum atomic E-state index is 10.2. The number of hydrogen-bond acceptors (Lipinski definition) is 2. The Labute approximate surface area is 148 Å². The summed E-state index contributed by atoms with van der Waals surface area (Å²) >= 11 is 0. The van der Waals surface area contributed by atoms with Crippen molar-refractivity contribution in [3.8, 4) is 0 Å². The number of benzene rings is 2. The summed E-state index contributed by atoms with van der Waals surface area (Å²) in [6, 6.07) is 19.5. The fraction of sp³-hybridized carbons (Fsp3) is 0.400. The number of hydrogen-bond donors (Lipinski definition) is 1. The lowest BCUT2D eigenvalue weighted by Crippen LogP contribution is -2.54. The molecule has 128 valence electrons. The first kappa shape index (κ1) is 19.0. The molecule has 0 spiro atoms. The maximum Gasteiger partial charge on any atom is 0.309 e. The van der Waals surface area contributed by atoms with Gasteiger partial charge in [0.15, 0.2) is 0 Å². The molecular weight excluding hydrogens is 311 g/mol. The van der Waals surface area contributed by atoms with E-state index in [1.54, 1.807) is 13.8 Å². The van der Waals surface area contributed by atoms with Crippen LogP contribution < -0.4 is 15.8 Å². The fourth-order valence-electron chi connectivity index (χ4n) is 2.51. The molecular formula is C20H29BO2Si. The van der Waals surface area contributed by atoms with Gasteiger partial charge in [-0.2, -0.15) is 0 Å². The Hall–Kier alpha value is -1.36. The molecule has 4 heteroatoms. The Kier molecular flexibility index (Phi) is 5.43. The summed E-state index contributed by atoms with van der Waals surface area (Å²) in [5.41, 5.74) is -0.334. The molecule has 0 bridgehead atoms. The van der Waals surface area contributed by atoms with E-state index < -0.39 is 19.3 Å². The molecule has 0 aliphatic rings. The standard InChI is InChI=1S/C20H29BO2Si/c1-19(2,22)20(3,4)23-21-16-11-10-14-18(15-16)24(5,6)17-12-8-7-9-13-17/h7-15,21-22H,1-6H3. The van der Waals surface area contributed by atoms with Crippen molar-refractivity contribution in [2.75, 3.05) is 0 Å². The minimum atomic E-state index is -1.70. The van der Waals surface area contributed by atoms with Crippen molar-refractivity contribution in [2.24, 2.45) is 0 Å². The van der Waals surface area contributed by atoms with E-state index in [4.69, 9.17) is 4.65 Å². The Morgan fingerprint density at radius 2 is 1.46 bits per heavy atom. The van der Waals surface area contributed by atoms with E-state index in [0.29, 0.717) is 7.48 Å². The summed E-state index contributed by atoms with van der Waals surface area (Å²) in [6.45, 7) is 12.2. The van der Waals surface area contributed by atoms with Gasteiger partial charge in [-0.3, -0.25) is 0 Å². The van der Waals surface area contributed by atoms with Crippen LogP contribution in [0.25, 0.3) is 0 Å². The third-order valence-electron chi connectivity index (χ3n) is 5.22. The summed E-state index contributed by atoms with van der Waals surface area (Å²) in [4.78, 5) is 0. The second kappa shape index (κ2) is 6.87. The highest BCUT2D eigenvalue weighted by molar-refractivity contribution is 7.00. The van der Waals surface area contributed by atoms with Crippen LogP contribution in [0.2, 0.25) is 13.1 Å². The lowest BCUT2D eigenvalue weighted by Gasteiger charge is -2.37. The van der Waals surface area contributed by atoms with E-state index in [0.717, 1.165) is 5.46 Å². The van der Waals surface area contributed by atoms with Crippen LogP contribution in [0.5, 0.6) is 0 Å². The lowest BCUT2D eigenvalue weighted by atomic mass is 9.83. The molecule has 2 rings (SSSR count). The summed E-state index contributed by atoms with van der Waals surface area (Å²) in [5.74, 6) is 0. The quantitative estimate of drug-likeness (QED) is 0.816. The van der Waals surface area contributed by atoms with Gasteiger partial charge < -0.3 is 9.76 Å². The van der Waals surface area contributed by atoms with Gasteiger partial charge >= 0.3 is 7.48 Å². The van der Waals surface area contributed by atoms with Crippen molar-refractivity contribution in [1.29, 1.82) is 0 Å². The predicted octanol–water partition coefficient (Wildman–Crippen LogP) is 2.05. The van der Waals surface area contributed by atoms with Gasteiger partial charge in [0.25, 0.3) is 0 Å². The molecule has 24 heavy (non-hydrogen) atoms. The molecule has 2 nitrogen and oxygen atoms in total. The molecule has 0 aliphatic heterocycles. The lowest BCUT2D eigenvalue weighted by molar-refractivity contribution is -0.0893. The first-order chi connectivity index (χ1) is 11.0. The molecule has 0 aromatic heterocycles. The van der Waals surface area contributed by atoms with Crippen molar-refractivity contribution in [1.82, 2.24) is 0 Å². The highest BCUT2D eigenvalue weighted by atomic mass is 28.3. The van der Waals surface area contributed by atoms with Crippen molar-refractivity contribution in [3.63, 3.8) is 0 Å². The van der Waals surface area contributed by atoms with E-state index in [1.807, 2.05) is 13.8 Å². The molecule has 0 fully saturated rings. The third-order valence-corrected chi connectivity index (χ3v) is 8.75. The van der Waals surface area contributed by atoms with Gasteiger partial charge in [0.2, 0.25) is 0 Å². The van der Waals surface area contributed by atoms with Gasteiger partial charge in [0, 0.05) is 0 Å². The predicted molar refractivity (Wildman–Crippen MR) is 108 cm³/mol. The van der Waals surface area contributed by atoms with Crippen molar-refractivity contribution >= 4 is 31.4 Å². The van der Waals surface area contributed by atoms with Crippen LogP contribution in [0.1, 0.15) is 27.7 Å². The van der Waals surface area contributed by atoms with Gasteiger partial charge in [-0.05, 0) is 27.7 Å². The van der Waals surface area contributed by atoms with Crippen molar-refractivity contribution in [2.45, 2.75) is 52.0 Å². The van der Waals surface area contributed by atoms with Gasteiger partial charge in [-0.25, -0.2) is 0 Å². The molecule has 0 amide bonds. The Morgan fingerprint density at radius 3 is 2.04 bits per heavy atom. The molecule has 0 saturated heterocycles. The van der Waals surface area contributed by atoms with Crippen LogP contribution in [0.4, 0.5) is 0 Å². The average Bonchev–Trinajstić information content (AvgIpc) is 2.53. The van der Waals surface area contributed by atoms with Crippen LogP contribution in [-0.4, -0.2) is 31.9 Å². The SMILES string of the molecule is CC(C)(O)C(C)(C)OBc1cccc([Si](C)(C)c2ccccc2)c1. The van der Waals surface area contributed by atoms with Crippen LogP contribution in [-0.2, 0) is 4.65 Å². The third kappa shape index (κ3) is 4.18. The molecule has 0 saturated carbocycles. The number of aliphatic hydroxyl groups is 1. The van der Waals surface area contributed by atoms with Crippen molar-refractivity contribution in [3.05, 3.63) is 54.6 Å². The summed E-state index contributed by atoms with van der Waals surface area (Å²) < 4.78 is 6.02. The molecule has 0 aliphatic carbocycles. The molecule has 1 N–H and O–H groups in total. The second-order valence-electron chi connectivity index (χ2n) is 8.05. The van der Waals surface area contributed by atoms with Gasteiger partial charge in [-0.1, -0.05) is 83.5 Å². The molecule has 0 heterocycles. The highest BCUT2D eigenvalue weighted by Crippen LogP contribution is 2.24. The largest absolute Gasteiger partial charge is 0.427 e. The summed E-state index contributed by atoms with van der Waals surface area (Å²) in [5, 5.41) is 13.1. The average molecular weight is 340 g/mol. The minimum absolute atomic E-state index is 0.504. The topological polar surface area (TPSA) is 29.5 Å². The zero-order valence-corrected chi connectivity index (χ0v) is 16.8. The first-order valence-electron chi connectivity index (χ1n) is 8.55. The van der Waals surface area contributed by atoms with Crippen molar-refractivity contribution < 1.29 is 9.76 Å². The summed E-state index contributed by atoms with van der Waals surface area (Å²) in [6.07, 6.45) is 0. The maximum absolute atomic E-state index is 10.2. The van der Waals surface area contributed by atoms with Crippen LogP contribution in [0.15, 0.2) is 54.6 Å². The fourth-order valence-corrected chi connectivity index (χ4v) is 4.93. The number of rotatable bonds is 6. The Morgan fingerprint density at radius 1 is 0.875 bits per heavy atom. The van der Waals surface area contributed by atoms with Crippen LogP contribution in [0, 0.1) is 0 Å². The van der Waals surface area contributed by atoms with E-state index in [2.05, 4.69) is 67.7 Å². The molecule has 2 aromatic carbocycles. The molecule has 0 unspecified atom stereocenters.